The summed E-state index contributed by atoms with van der Waals surface area (Å²) < 4.78 is 4.96. The summed E-state index contributed by atoms with van der Waals surface area (Å²) in [6.45, 7) is 0. The average molecular weight is 871 g/mol. The van der Waals surface area contributed by atoms with E-state index in [-0.39, 0.29) is 0 Å². The van der Waals surface area contributed by atoms with Gasteiger partial charge in [-0.3, -0.25) is 0 Å². The molecule has 0 N–H and O–H groups in total. The molecule has 3 heteroatoms. The van der Waals surface area contributed by atoms with Crippen LogP contribution in [-0.4, -0.2) is 4.57 Å². The topological polar surface area (TPSA) is 8.17 Å². The van der Waals surface area contributed by atoms with E-state index in [0.717, 1.165) is 22.7 Å². The molecular weight excluding hydrogens is 829 g/mol. The van der Waals surface area contributed by atoms with Crippen molar-refractivity contribution in [3.05, 3.63) is 255 Å². The second kappa shape index (κ2) is 16.2. The fourth-order valence-corrected chi connectivity index (χ4v) is 11.5. The Kier molecular flexibility index (Phi) is 9.40. The van der Waals surface area contributed by atoms with Crippen LogP contribution in [-0.2, 0) is 0 Å². The number of hydrogen-bond donors (Lipinski definition) is 0. The highest BCUT2D eigenvalue weighted by atomic mass is 32.1. The molecule has 0 fully saturated rings. The van der Waals surface area contributed by atoms with Crippen LogP contribution in [0.2, 0.25) is 0 Å². The maximum Gasteiger partial charge on any atom is 0.0555 e. The van der Waals surface area contributed by atoms with Gasteiger partial charge in [0.1, 0.15) is 0 Å². The standard InChI is InChI=1S/C64H42N2S/c1-3-15-47(16-4-1)55-40-41-60(63-57-21-10-12-25-61(57)67-64(55)63)65(52-36-32-45(33-37-52)44-26-28-46(29-27-44)50-31-30-43-14-7-8-17-49(43)42-50)53-38-34-48(35-39-53)54-22-13-24-59-62(54)56-20-9-11-23-58(56)66(59)51-18-5-2-6-19-51/h1-42H. The van der Waals surface area contributed by atoms with Gasteiger partial charge in [-0.05, 0) is 122 Å². The normalized spacial score (nSPS) is 11.6. The Morgan fingerprint density at radius 1 is 0.328 bits per heavy atom. The van der Waals surface area contributed by atoms with Crippen molar-refractivity contribution < 1.29 is 0 Å². The fraction of sp³-hybridized carbons (Fsp3) is 0. The lowest BCUT2D eigenvalue weighted by atomic mass is 9.97. The van der Waals surface area contributed by atoms with Crippen LogP contribution in [0.3, 0.4) is 0 Å². The van der Waals surface area contributed by atoms with Gasteiger partial charge >= 0.3 is 0 Å². The van der Waals surface area contributed by atoms with Crippen molar-refractivity contribution in [2.45, 2.75) is 0 Å². The highest BCUT2D eigenvalue weighted by molar-refractivity contribution is 7.26. The molecular formula is C64H42N2S. The zero-order chi connectivity index (χ0) is 44.3. The summed E-state index contributed by atoms with van der Waals surface area (Å²) in [5.41, 5.74) is 16.6. The number of nitrogens with zero attached hydrogens (tertiary/aromatic N) is 2. The molecule has 11 aromatic carbocycles. The van der Waals surface area contributed by atoms with E-state index in [1.165, 1.54) is 97.3 Å². The largest absolute Gasteiger partial charge is 0.310 e. The summed E-state index contributed by atoms with van der Waals surface area (Å²) >= 11 is 1.88. The molecule has 2 nitrogen and oxygen atoms in total. The summed E-state index contributed by atoms with van der Waals surface area (Å²) in [5.74, 6) is 0. The molecule has 0 radical (unpaired) electrons. The minimum absolute atomic E-state index is 1.10. The predicted octanol–water partition coefficient (Wildman–Crippen LogP) is 18.4. The summed E-state index contributed by atoms with van der Waals surface area (Å²) in [4.78, 5) is 2.45. The van der Waals surface area contributed by atoms with E-state index in [4.69, 9.17) is 0 Å². The van der Waals surface area contributed by atoms with Crippen molar-refractivity contribution in [2.75, 3.05) is 4.90 Å². The Labute approximate surface area is 393 Å². The lowest BCUT2D eigenvalue weighted by Crippen LogP contribution is -2.10. The van der Waals surface area contributed by atoms with Gasteiger partial charge < -0.3 is 9.47 Å². The summed E-state index contributed by atoms with van der Waals surface area (Å²) in [6, 6.07) is 93.1. The van der Waals surface area contributed by atoms with E-state index in [1.807, 2.05) is 11.3 Å². The van der Waals surface area contributed by atoms with E-state index >= 15 is 0 Å². The average Bonchev–Trinajstić information content (AvgIpc) is 3.97. The predicted molar refractivity (Wildman–Crippen MR) is 288 cm³/mol. The molecule has 13 aromatic rings. The van der Waals surface area contributed by atoms with Gasteiger partial charge in [-0.15, -0.1) is 11.3 Å². The van der Waals surface area contributed by atoms with Crippen LogP contribution in [0.15, 0.2) is 255 Å². The molecule has 67 heavy (non-hydrogen) atoms. The molecule has 2 aromatic heterocycles. The highest BCUT2D eigenvalue weighted by Gasteiger charge is 2.22. The number of anilines is 3. The first-order valence-electron chi connectivity index (χ1n) is 22.9. The van der Waals surface area contributed by atoms with Gasteiger partial charge in [0.2, 0.25) is 0 Å². The minimum Gasteiger partial charge on any atom is -0.310 e. The van der Waals surface area contributed by atoms with Crippen LogP contribution < -0.4 is 4.90 Å². The van der Waals surface area contributed by atoms with Crippen LogP contribution in [0.5, 0.6) is 0 Å². The van der Waals surface area contributed by atoms with Gasteiger partial charge in [0.05, 0.1) is 16.7 Å². The first kappa shape index (κ1) is 38.9. The smallest absolute Gasteiger partial charge is 0.0555 e. The molecule has 13 rings (SSSR count). The van der Waals surface area contributed by atoms with Gasteiger partial charge in [-0.25, -0.2) is 0 Å². The van der Waals surface area contributed by atoms with E-state index in [2.05, 4.69) is 264 Å². The number of rotatable bonds is 8. The van der Waals surface area contributed by atoms with Crippen molar-refractivity contribution in [3.8, 4) is 50.2 Å². The molecule has 0 bridgehead atoms. The number of para-hydroxylation sites is 2. The van der Waals surface area contributed by atoms with Gasteiger partial charge in [0.15, 0.2) is 0 Å². The molecule has 0 saturated carbocycles. The third-order valence-electron chi connectivity index (χ3n) is 13.4. The monoisotopic (exact) mass is 870 g/mol. The van der Waals surface area contributed by atoms with Crippen LogP contribution in [0.1, 0.15) is 0 Å². The molecule has 0 aliphatic rings. The van der Waals surface area contributed by atoms with Crippen molar-refractivity contribution in [2.24, 2.45) is 0 Å². The van der Waals surface area contributed by atoms with Gasteiger partial charge in [0, 0.05) is 48.0 Å². The van der Waals surface area contributed by atoms with Crippen LogP contribution in [0.25, 0.3) is 103 Å². The number of fused-ring (bicyclic) bond motifs is 7. The Morgan fingerprint density at radius 3 is 1.63 bits per heavy atom. The second-order valence-electron chi connectivity index (χ2n) is 17.3. The molecule has 0 amide bonds. The maximum atomic E-state index is 2.45. The maximum absolute atomic E-state index is 2.45. The number of aromatic nitrogens is 1. The molecule has 0 saturated heterocycles. The van der Waals surface area contributed by atoms with Crippen LogP contribution in [0.4, 0.5) is 17.1 Å². The van der Waals surface area contributed by atoms with Crippen molar-refractivity contribution in [1.29, 1.82) is 0 Å². The number of hydrogen-bond acceptors (Lipinski definition) is 2. The summed E-state index contributed by atoms with van der Waals surface area (Å²) in [7, 11) is 0. The Bertz CT molecular complexity index is 3940. The fourth-order valence-electron chi connectivity index (χ4n) is 10.2. The van der Waals surface area contributed by atoms with Crippen LogP contribution >= 0.6 is 11.3 Å². The molecule has 0 unspecified atom stereocenters. The Morgan fingerprint density at radius 2 is 0.881 bits per heavy atom. The van der Waals surface area contributed by atoms with Gasteiger partial charge in [0.25, 0.3) is 0 Å². The highest BCUT2D eigenvalue weighted by Crippen LogP contribution is 2.49. The molecule has 0 spiro atoms. The quantitative estimate of drug-likeness (QED) is 0.148. The molecule has 0 aliphatic heterocycles. The van der Waals surface area contributed by atoms with E-state index in [0.29, 0.717) is 0 Å². The Balaban J connectivity index is 0.941. The van der Waals surface area contributed by atoms with Crippen molar-refractivity contribution in [1.82, 2.24) is 4.57 Å². The molecule has 0 aliphatic carbocycles. The lowest BCUT2D eigenvalue weighted by molar-refractivity contribution is 1.18. The summed E-state index contributed by atoms with van der Waals surface area (Å²) in [6.07, 6.45) is 0. The summed E-state index contributed by atoms with van der Waals surface area (Å²) in [5, 5.41) is 7.55. The van der Waals surface area contributed by atoms with Crippen molar-refractivity contribution >= 4 is 81.1 Å². The van der Waals surface area contributed by atoms with E-state index in [1.54, 1.807) is 0 Å². The molecule has 0 atom stereocenters. The minimum atomic E-state index is 1.10. The molecule has 2 heterocycles. The SMILES string of the molecule is c1ccc(-c2ccc(N(c3ccc(-c4ccc(-c5ccc6ccccc6c5)cc4)cc3)c3ccc(-c4cccc5c4c4ccccc4n5-c4ccccc4)cc3)c3c2sc2ccccc23)cc1. The zero-order valence-corrected chi connectivity index (χ0v) is 37.4. The third-order valence-corrected chi connectivity index (χ3v) is 14.6. The van der Waals surface area contributed by atoms with Gasteiger partial charge in [-0.2, -0.15) is 0 Å². The lowest BCUT2D eigenvalue weighted by Gasteiger charge is -2.27. The van der Waals surface area contributed by atoms with E-state index < -0.39 is 0 Å². The molecule has 314 valence electrons. The number of thiophene rings is 1. The first-order chi connectivity index (χ1) is 33.2. The van der Waals surface area contributed by atoms with E-state index in [9.17, 15) is 0 Å². The van der Waals surface area contributed by atoms with Gasteiger partial charge in [-0.1, -0.05) is 188 Å². The second-order valence-corrected chi connectivity index (χ2v) is 18.3. The zero-order valence-electron chi connectivity index (χ0n) is 36.6. The third kappa shape index (κ3) is 6.71. The number of benzene rings is 11. The Hall–Kier alpha value is -8.50. The van der Waals surface area contributed by atoms with Crippen molar-refractivity contribution in [3.63, 3.8) is 0 Å². The first-order valence-corrected chi connectivity index (χ1v) is 23.7. The van der Waals surface area contributed by atoms with Crippen LogP contribution in [0, 0.1) is 0 Å².